The number of alkyl halides is 1. The molecule has 1 aliphatic rings. The van der Waals surface area contributed by atoms with Crippen molar-refractivity contribution in [3.05, 3.63) is 0 Å². The lowest BCUT2D eigenvalue weighted by Gasteiger charge is -2.28. The van der Waals surface area contributed by atoms with Crippen molar-refractivity contribution in [2.45, 2.75) is 38.0 Å². The third kappa shape index (κ3) is 1.21. The van der Waals surface area contributed by atoms with E-state index in [1.165, 1.54) is 6.42 Å². The fraction of sp³-hybridized carbons (Fsp3) is 1.00. The van der Waals surface area contributed by atoms with Gasteiger partial charge >= 0.3 is 0 Å². The van der Waals surface area contributed by atoms with Crippen molar-refractivity contribution in [2.75, 3.05) is 0 Å². The molecule has 0 aromatic carbocycles. The zero-order chi connectivity index (χ0) is 7.94. The van der Waals surface area contributed by atoms with Crippen molar-refractivity contribution in [1.82, 2.24) is 0 Å². The fourth-order valence-electron chi connectivity index (χ4n) is 1.85. The summed E-state index contributed by atoms with van der Waals surface area (Å²) in [7, 11) is 0. The van der Waals surface area contributed by atoms with E-state index in [1.807, 2.05) is 0 Å². The quantitative estimate of drug-likeness (QED) is 0.457. The third-order valence-electron chi connectivity index (χ3n) is 3.41. The van der Waals surface area contributed by atoms with Gasteiger partial charge in [0.1, 0.15) is 0 Å². The Morgan fingerprint density at radius 2 is 1.80 bits per heavy atom. The number of halogens is 1. The van der Waals surface area contributed by atoms with E-state index in [1.54, 1.807) is 0 Å². The predicted molar refractivity (Wildman–Crippen MR) is 54.5 cm³/mol. The molecule has 0 aliphatic heterocycles. The van der Waals surface area contributed by atoms with Crippen molar-refractivity contribution in [3.63, 3.8) is 0 Å². The highest BCUT2D eigenvalue weighted by Crippen LogP contribution is 2.49. The van der Waals surface area contributed by atoms with Gasteiger partial charge in [-0.15, -0.1) is 0 Å². The second-order valence-corrected chi connectivity index (χ2v) is 5.79. The molecule has 0 aromatic heterocycles. The summed E-state index contributed by atoms with van der Waals surface area (Å²) in [5.74, 6) is 1.83. The SMILES string of the molecule is CC1CC(I)C(C)(C)C1C. The third-order valence-corrected chi connectivity index (χ3v) is 5.53. The van der Waals surface area contributed by atoms with Gasteiger partial charge in [-0.1, -0.05) is 50.3 Å². The molecular weight excluding hydrogens is 235 g/mol. The lowest BCUT2D eigenvalue weighted by Crippen LogP contribution is -2.24. The minimum Gasteiger partial charge on any atom is -0.0820 e. The van der Waals surface area contributed by atoms with Gasteiger partial charge in [0.2, 0.25) is 0 Å². The van der Waals surface area contributed by atoms with Gasteiger partial charge in [0, 0.05) is 3.92 Å². The maximum atomic E-state index is 2.61. The summed E-state index contributed by atoms with van der Waals surface area (Å²) in [6.07, 6.45) is 1.41. The smallest absolute Gasteiger partial charge is 0.0166 e. The molecule has 1 aliphatic carbocycles. The van der Waals surface area contributed by atoms with E-state index >= 15 is 0 Å². The van der Waals surface area contributed by atoms with Crippen LogP contribution in [0.15, 0.2) is 0 Å². The number of hydrogen-bond acceptors (Lipinski definition) is 0. The first kappa shape index (κ1) is 8.82. The van der Waals surface area contributed by atoms with Crippen LogP contribution in [0, 0.1) is 17.3 Å². The Morgan fingerprint density at radius 1 is 1.30 bits per heavy atom. The molecule has 1 saturated carbocycles. The molecule has 0 nitrogen and oxygen atoms in total. The monoisotopic (exact) mass is 252 g/mol. The zero-order valence-electron chi connectivity index (χ0n) is 7.32. The van der Waals surface area contributed by atoms with E-state index in [2.05, 4.69) is 50.3 Å². The number of rotatable bonds is 0. The average molecular weight is 252 g/mol. The van der Waals surface area contributed by atoms with Gasteiger partial charge in [0.15, 0.2) is 0 Å². The second-order valence-electron chi connectivity index (χ2n) is 4.29. The normalized spacial score (nSPS) is 45.9. The van der Waals surface area contributed by atoms with Crippen LogP contribution in [0.3, 0.4) is 0 Å². The maximum Gasteiger partial charge on any atom is 0.0166 e. The average Bonchev–Trinajstić information content (AvgIpc) is 1.97. The molecule has 0 heterocycles. The molecule has 60 valence electrons. The molecular formula is C9H17I. The minimum absolute atomic E-state index is 0.569. The first-order valence-electron chi connectivity index (χ1n) is 4.10. The summed E-state index contributed by atoms with van der Waals surface area (Å²) in [4.78, 5) is 0. The molecule has 3 atom stereocenters. The molecule has 0 N–H and O–H groups in total. The van der Waals surface area contributed by atoms with Crippen molar-refractivity contribution >= 4 is 22.6 Å². The Balaban J connectivity index is 2.75. The molecule has 3 unspecified atom stereocenters. The van der Waals surface area contributed by atoms with Crippen LogP contribution in [0.1, 0.15) is 34.1 Å². The summed E-state index contributed by atoms with van der Waals surface area (Å²) in [5, 5.41) is 0. The van der Waals surface area contributed by atoms with Crippen molar-refractivity contribution in [2.24, 2.45) is 17.3 Å². The van der Waals surface area contributed by atoms with Gasteiger partial charge in [0.25, 0.3) is 0 Å². The van der Waals surface area contributed by atoms with E-state index in [-0.39, 0.29) is 0 Å². The molecule has 0 bridgehead atoms. The van der Waals surface area contributed by atoms with Gasteiger partial charge in [0.05, 0.1) is 0 Å². The van der Waals surface area contributed by atoms with Gasteiger partial charge in [-0.2, -0.15) is 0 Å². The van der Waals surface area contributed by atoms with Crippen LogP contribution < -0.4 is 0 Å². The predicted octanol–water partition coefficient (Wildman–Crippen LogP) is 3.49. The van der Waals surface area contributed by atoms with E-state index in [0.717, 1.165) is 15.8 Å². The van der Waals surface area contributed by atoms with Gasteiger partial charge < -0.3 is 0 Å². The van der Waals surface area contributed by atoms with Crippen LogP contribution in [-0.2, 0) is 0 Å². The first-order valence-corrected chi connectivity index (χ1v) is 5.35. The lowest BCUT2D eigenvalue weighted by atomic mass is 9.81. The number of hydrogen-bond donors (Lipinski definition) is 0. The molecule has 0 saturated heterocycles. The molecule has 0 amide bonds. The van der Waals surface area contributed by atoms with E-state index < -0.39 is 0 Å². The Morgan fingerprint density at radius 3 is 1.90 bits per heavy atom. The van der Waals surface area contributed by atoms with Gasteiger partial charge in [-0.3, -0.25) is 0 Å². The molecule has 0 radical (unpaired) electrons. The van der Waals surface area contributed by atoms with Crippen LogP contribution in [-0.4, -0.2) is 3.92 Å². The molecule has 0 aromatic rings. The summed E-state index contributed by atoms with van der Waals surface area (Å²) in [6, 6.07) is 0. The maximum absolute atomic E-state index is 2.61. The topological polar surface area (TPSA) is 0 Å². The van der Waals surface area contributed by atoms with Gasteiger partial charge in [-0.05, 0) is 23.7 Å². The summed E-state index contributed by atoms with van der Waals surface area (Å²) < 4.78 is 0.884. The second kappa shape index (κ2) is 2.65. The summed E-state index contributed by atoms with van der Waals surface area (Å²) in [6.45, 7) is 9.57. The molecule has 1 rings (SSSR count). The van der Waals surface area contributed by atoms with E-state index in [4.69, 9.17) is 0 Å². The van der Waals surface area contributed by atoms with E-state index in [9.17, 15) is 0 Å². The van der Waals surface area contributed by atoms with Crippen LogP contribution in [0.4, 0.5) is 0 Å². The highest BCUT2D eigenvalue weighted by atomic mass is 127. The van der Waals surface area contributed by atoms with Crippen LogP contribution >= 0.6 is 22.6 Å². The van der Waals surface area contributed by atoms with Crippen molar-refractivity contribution < 1.29 is 0 Å². The van der Waals surface area contributed by atoms with E-state index in [0.29, 0.717) is 5.41 Å². The van der Waals surface area contributed by atoms with Crippen LogP contribution in [0.5, 0.6) is 0 Å². The Labute approximate surface area is 77.9 Å². The van der Waals surface area contributed by atoms with Crippen LogP contribution in [0.25, 0.3) is 0 Å². The summed E-state index contributed by atoms with van der Waals surface area (Å²) in [5.41, 5.74) is 0.569. The highest BCUT2D eigenvalue weighted by Gasteiger charge is 2.42. The lowest BCUT2D eigenvalue weighted by molar-refractivity contribution is 0.256. The first-order chi connectivity index (χ1) is 4.46. The largest absolute Gasteiger partial charge is 0.0820 e. The molecule has 0 spiro atoms. The molecule has 1 heteroatoms. The molecule has 10 heavy (non-hydrogen) atoms. The van der Waals surface area contributed by atoms with Crippen molar-refractivity contribution in [3.8, 4) is 0 Å². The standard InChI is InChI=1S/C9H17I/c1-6-5-8(10)9(3,4)7(6)2/h6-8H,5H2,1-4H3. The Kier molecular flexibility index (Phi) is 2.34. The summed E-state index contributed by atoms with van der Waals surface area (Å²) >= 11 is 2.61. The highest BCUT2D eigenvalue weighted by molar-refractivity contribution is 14.1. The van der Waals surface area contributed by atoms with Crippen molar-refractivity contribution in [1.29, 1.82) is 0 Å². The van der Waals surface area contributed by atoms with Crippen LogP contribution in [0.2, 0.25) is 0 Å². The molecule has 1 fully saturated rings. The Bertz CT molecular complexity index is 129. The zero-order valence-corrected chi connectivity index (χ0v) is 9.47. The Hall–Kier alpha value is 0.730. The van der Waals surface area contributed by atoms with Gasteiger partial charge in [-0.25, -0.2) is 0 Å². The fourth-order valence-corrected chi connectivity index (χ4v) is 3.22. The minimum atomic E-state index is 0.569.